The van der Waals surface area contributed by atoms with Gasteiger partial charge in [0.25, 0.3) is 0 Å². The molecule has 0 spiro atoms. The molecule has 0 saturated heterocycles. The second-order valence-electron chi connectivity index (χ2n) is 4.79. The van der Waals surface area contributed by atoms with Gasteiger partial charge in [0, 0.05) is 17.3 Å². The van der Waals surface area contributed by atoms with E-state index in [1.165, 1.54) is 7.11 Å². The fourth-order valence-corrected chi connectivity index (χ4v) is 3.02. The Hall–Kier alpha value is -1.85. The molecule has 0 saturated carbocycles. The highest BCUT2D eigenvalue weighted by Gasteiger charge is 2.34. The average molecular weight is 337 g/mol. The Kier molecular flexibility index (Phi) is 5.21. The predicted molar refractivity (Wildman–Crippen MR) is 91.5 cm³/mol. The van der Waals surface area contributed by atoms with E-state index in [2.05, 4.69) is 11.9 Å². The number of rotatable bonds is 4. The van der Waals surface area contributed by atoms with Gasteiger partial charge in [-0.3, -0.25) is 0 Å². The third-order valence-electron chi connectivity index (χ3n) is 3.53. The number of carbonyl (C=O) groups excluding carboxylic acids is 1. The zero-order valence-electron chi connectivity index (χ0n) is 12.4. The molecule has 1 N–H and O–H groups in total. The number of nitrogens with zero attached hydrogens (tertiary/aromatic N) is 1. The monoisotopic (exact) mass is 336 g/mol. The van der Waals surface area contributed by atoms with Gasteiger partial charge in [-0.2, -0.15) is 0 Å². The van der Waals surface area contributed by atoms with Crippen LogP contribution in [-0.4, -0.2) is 29.6 Å². The van der Waals surface area contributed by atoms with Crippen LogP contribution in [0.25, 0.3) is 0 Å². The third kappa shape index (κ3) is 3.00. The van der Waals surface area contributed by atoms with E-state index in [4.69, 9.17) is 28.6 Å². The molecule has 1 aromatic rings. The van der Waals surface area contributed by atoms with Crippen LogP contribution in [0, 0.1) is 0 Å². The third-order valence-corrected chi connectivity index (χ3v) is 4.21. The predicted octanol–water partition coefficient (Wildman–Crippen LogP) is 3.20. The molecule has 0 bridgehead atoms. The largest absolute Gasteiger partial charge is 0.466 e. The molecule has 1 aromatic carbocycles. The fraction of sp³-hybridized carbons (Fsp3) is 0.250. The highest BCUT2D eigenvalue weighted by molar-refractivity contribution is 7.80. The van der Waals surface area contributed by atoms with Gasteiger partial charge in [0.05, 0.1) is 18.7 Å². The number of allylic oxidation sites excluding steroid dienone is 1. The summed E-state index contributed by atoms with van der Waals surface area (Å²) in [4.78, 5) is 14.1. The first-order chi connectivity index (χ1) is 10.5. The highest BCUT2D eigenvalue weighted by Crippen LogP contribution is 2.34. The van der Waals surface area contributed by atoms with E-state index in [1.807, 2.05) is 30.0 Å². The Labute approximate surface area is 140 Å². The lowest BCUT2D eigenvalue weighted by Crippen LogP contribution is -2.47. The van der Waals surface area contributed by atoms with Crippen molar-refractivity contribution in [3.8, 4) is 0 Å². The first kappa shape index (κ1) is 16.5. The van der Waals surface area contributed by atoms with E-state index >= 15 is 0 Å². The number of thiocarbonyl (C=S) groups is 1. The number of nitrogens with one attached hydrogen (secondary N) is 1. The molecular weight excluding hydrogens is 320 g/mol. The molecule has 4 nitrogen and oxygen atoms in total. The first-order valence-corrected chi connectivity index (χ1v) is 7.52. The Morgan fingerprint density at radius 2 is 2.23 bits per heavy atom. The van der Waals surface area contributed by atoms with Crippen molar-refractivity contribution < 1.29 is 9.53 Å². The van der Waals surface area contributed by atoms with Gasteiger partial charge in [0.15, 0.2) is 5.11 Å². The van der Waals surface area contributed by atoms with Gasteiger partial charge in [-0.25, -0.2) is 4.79 Å². The molecule has 1 aliphatic heterocycles. The summed E-state index contributed by atoms with van der Waals surface area (Å²) in [5, 5.41) is 4.26. The first-order valence-electron chi connectivity index (χ1n) is 6.73. The summed E-state index contributed by atoms with van der Waals surface area (Å²) in [5.41, 5.74) is 2.01. The zero-order chi connectivity index (χ0) is 16.3. The van der Waals surface area contributed by atoms with Crippen LogP contribution in [0.4, 0.5) is 0 Å². The molecule has 1 atom stereocenters. The standard InChI is InChI=1S/C16H17ClN2O2S/c1-4-9-19-10(2)13(15(20)21-3)14(18-16(19)22)11-7-5-6-8-12(11)17/h4-8,14H,1,9H2,2-3H3,(H,18,22)/t14-/m0/s1. The number of hydrogen-bond donors (Lipinski definition) is 1. The van der Waals surface area contributed by atoms with Crippen LogP contribution in [0.15, 0.2) is 48.2 Å². The molecule has 0 fully saturated rings. The van der Waals surface area contributed by atoms with E-state index in [0.29, 0.717) is 22.3 Å². The minimum atomic E-state index is -0.435. The molecule has 0 aliphatic carbocycles. The van der Waals surface area contributed by atoms with Crippen molar-refractivity contribution in [3.05, 3.63) is 58.8 Å². The SMILES string of the molecule is C=CCN1C(=S)N[C@@H](c2ccccc2Cl)C(C(=O)OC)=C1C. The van der Waals surface area contributed by atoms with Gasteiger partial charge in [0.2, 0.25) is 0 Å². The minimum absolute atomic E-state index is 0.411. The molecule has 6 heteroatoms. The number of benzene rings is 1. The molecule has 1 heterocycles. The Balaban J connectivity index is 2.58. The van der Waals surface area contributed by atoms with Crippen molar-refractivity contribution in [2.45, 2.75) is 13.0 Å². The van der Waals surface area contributed by atoms with Crippen molar-refractivity contribution >= 4 is 34.9 Å². The summed E-state index contributed by atoms with van der Waals surface area (Å²) in [5.74, 6) is -0.411. The van der Waals surface area contributed by atoms with Crippen molar-refractivity contribution in [3.63, 3.8) is 0 Å². The summed E-state index contributed by atoms with van der Waals surface area (Å²) < 4.78 is 4.94. The number of hydrogen-bond acceptors (Lipinski definition) is 3. The maximum atomic E-state index is 12.3. The second kappa shape index (κ2) is 6.94. The summed E-state index contributed by atoms with van der Waals surface area (Å²) in [6, 6.07) is 6.91. The molecule has 2 rings (SSSR count). The minimum Gasteiger partial charge on any atom is -0.466 e. The van der Waals surface area contributed by atoms with Crippen LogP contribution >= 0.6 is 23.8 Å². The van der Waals surface area contributed by atoms with Crippen LogP contribution < -0.4 is 5.32 Å². The summed E-state index contributed by atoms with van der Waals surface area (Å²) in [7, 11) is 1.36. The Bertz CT molecular complexity index is 657. The number of esters is 1. The van der Waals surface area contributed by atoms with Crippen LogP contribution in [0.5, 0.6) is 0 Å². The maximum Gasteiger partial charge on any atom is 0.337 e. The van der Waals surface area contributed by atoms with Gasteiger partial charge in [-0.15, -0.1) is 6.58 Å². The van der Waals surface area contributed by atoms with Gasteiger partial charge < -0.3 is 15.0 Å². The van der Waals surface area contributed by atoms with Crippen LogP contribution in [0.1, 0.15) is 18.5 Å². The molecule has 22 heavy (non-hydrogen) atoms. The van der Waals surface area contributed by atoms with Crippen LogP contribution in [-0.2, 0) is 9.53 Å². The zero-order valence-corrected chi connectivity index (χ0v) is 14.0. The van der Waals surface area contributed by atoms with E-state index < -0.39 is 12.0 Å². The maximum absolute atomic E-state index is 12.3. The quantitative estimate of drug-likeness (QED) is 0.519. The second-order valence-corrected chi connectivity index (χ2v) is 5.59. The molecule has 0 amide bonds. The van der Waals surface area contributed by atoms with E-state index in [0.717, 1.165) is 11.3 Å². The average Bonchev–Trinajstić information content (AvgIpc) is 2.50. The van der Waals surface area contributed by atoms with Crippen molar-refractivity contribution in [2.75, 3.05) is 13.7 Å². The van der Waals surface area contributed by atoms with Crippen molar-refractivity contribution in [2.24, 2.45) is 0 Å². The molecule has 0 radical (unpaired) electrons. The Morgan fingerprint density at radius 1 is 1.55 bits per heavy atom. The highest BCUT2D eigenvalue weighted by atomic mass is 35.5. The van der Waals surface area contributed by atoms with Gasteiger partial charge in [0.1, 0.15) is 0 Å². The van der Waals surface area contributed by atoms with Crippen molar-refractivity contribution in [1.29, 1.82) is 0 Å². The number of carbonyl (C=O) groups is 1. The van der Waals surface area contributed by atoms with E-state index in [9.17, 15) is 4.79 Å². The Morgan fingerprint density at radius 3 is 2.82 bits per heavy atom. The lowest BCUT2D eigenvalue weighted by atomic mass is 9.95. The number of ether oxygens (including phenoxy) is 1. The van der Waals surface area contributed by atoms with E-state index in [1.54, 1.807) is 12.1 Å². The van der Waals surface area contributed by atoms with Gasteiger partial charge >= 0.3 is 5.97 Å². The topological polar surface area (TPSA) is 41.6 Å². The smallest absolute Gasteiger partial charge is 0.337 e. The van der Waals surface area contributed by atoms with Gasteiger partial charge in [-0.05, 0) is 30.8 Å². The number of methoxy groups -OCH3 is 1. The molecule has 1 aliphatic rings. The lowest BCUT2D eigenvalue weighted by molar-refractivity contribution is -0.136. The van der Waals surface area contributed by atoms with Crippen LogP contribution in [0.3, 0.4) is 0 Å². The molecule has 116 valence electrons. The number of halogens is 1. The molecule has 0 unspecified atom stereocenters. The fourth-order valence-electron chi connectivity index (χ4n) is 2.45. The normalized spacial score (nSPS) is 18.0. The summed E-state index contributed by atoms with van der Waals surface area (Å²) in [6.45, 7) is 6.06. The van der Waals surface area contributed by atoms with Crippen molar-refractivity contribution in [1.82, 2.24) is 10.2 Å². The van der Waals surface area contributed by atoms with E-state index in [-0.39, 0.29) is 0 Å². The van der Waals surface area contributed by atoms with Crippen LogP contribution in [0.2, 0.25) is 5.02 Å². The summed E-state index contributed by atoms with van der Waals surface area (Å²) >= 11 is 11.7. The molecule has 0 aromatic heterocycles. The van der Waals surface area contributed by atoms with Gasteiger partial charge in [-0.1, -0.05) is 35.9 Å². The lowest BCUT2D eigenvalue weighted by Gasteiger charge is -2.37. The molecular formula is C16H17ClN2O2S. The summed E-state index contributed by atoms with van der Waals surface area (Å²) in [6.07, 6.45) is 1.72.